The minimum atomic E-state index is -0.405. The normalized spacial score (nSPS) is 24.6. The maximum absolute atomic E-state index is 11.0. The van der Waals surface area contributed by atoms with E-state index in [4.69, 9.17) is 0 Å². The SMILES string of the molecule is CCC(O)C1CCN1C(=O)OC. The Hall–Kier alpha value is -0.770. The fraction of sp³-hybridized carbons (Fsp3) is 0.875. The number of carbonyl (C=O) groups is 1. The number of carbonyl (C=O) groups excluding carboxylic acids is 1. The van der Waals surface area contributed by atoms with Crippen LogP contribution in [0.1, 0.15) is 19.8 Å². The highest BCUT2D eigenvalue weighted by molar-refractivity contribution is 5.68. The lowest BCUT2D eigenvalue weighted by atomic mass is 9.96. The zero-order chi connectivity index (χ0) is 9.14. The molecule has 1 amide bonds. The molecule has 1 saturated heterocycles. The maximum Gasteiger partial charge on any atom is 0.409 e. The third-order valence-electron chi connectivity index (χ3n) is 2.34. The summed E-state index contributed by atoms with van der Waals surface area (Å²) in [7, 11) is 1.36. The van der Waals surface area contributed by atoms with Gasteiger partial charge in [-0.05, 0) is 12.8 Å². The van der Waals surface area contributed by atoms with Crippen molar-refractivity contribution in [3.05, 3.63) is 0 Å². The fourth-order valence-corrected chi connectivity index (χ4v) is 1.42. The summed E-state index contributed by atoms with van der Waals surface area (Å²) in [6, 6.07) is -0.0255. The van der Waals surface area contributed by atoms with E-state index in [1.165, 1.54) is 7.11 Å². The first-order chi connectivity index (χ1) is 5.70. The smallest absolute Gasteiger partial charge is 0.409 e. The summed E-state index contributed by atoms with van der Waals surface area (Å²) in [6.07, 6.45) is 0.819. The van der Waals surface area contributed by atoms with Gasteiger partial charge in [0.1, 0.15) is 0 Å². The molecule has 0 radical (unpaired) electrons. The summed E-state index contributed by atoms with van der Waals surface area (Å²) in [5.74, 6) is 0. The predicted octanol–water partition coefficient (Wildman–Crippen LogP) is 0.598. The van der Waals surface area contributed by atoms with Crippen molar-refractivity contribution >= 4 is 6.09 Å². The van der Waals surface area contributed by atoms with Gasteiger partial charge in [0.2, 0.25) is 0 Å². The molecule has 1 rings (SSSR count). The number of hydrogen-bond acceptors (Lipinski definition) is 3. The first kappa shape index (κ1) is 9.32. The van der Waals surface area contributed by atoms with Gasteiger partial charge in [0.25, 0.3) is 0 Å². The Morgan fingerprint density at radius 1 is 1.83 bits per heavy atom. The van der Waals surface area contributed by atoms with E-state index >= 15 is 0 Å². The van der Waals surface area contributed by atoms with Gasteiger partial charge in [-0.1, -0.05) is 6.92 Å². The van der Waals surface area contributed by atoms with E-state index < -0.39 is 6.10 Å². The summed E-state index contributed by atoms with van der Waals surface area (Å²) in [5, 5.41) is 9.44. The lowest BCUT2D eigenvalue weighted by Crippen LogP contribution is -2.56. The molecule has 4 heteroatoms. The van der Waals surface area contributed by atoms with Crippen molar-refractivity contribution in [2.24, 2.45) is 0 Å². The Kier molecular flexibility index (Phi) is 2.92. The predicted molar refractivity (Wildman–Crippen MR) is 43.8 cm³/mol. The minimum Gasteiger partial charge on any atom is -0.453 e. The molecule has 0 aromatic carbocycles. The van der Waals surface area contributed by atoms with Crippen LogP contribution in [0.25, 0.3) is 0 Å². The third kappa shape index (κ3) is 1.53. The molecule has 2 unspecified atom stereocenters. The lowest BCUT2D eigenvalue weighted by Gasteiger charge is -2.42. The molecule has 2 atom stereocenters. The molecule has 0 spiro atoms. The van der Waals surface area contributed by atoms with Gasteiger partial charge in [-0.15, -0.1) is 0 Å². The Morgan fingerprint density at radius 2 is 2.50 bits per heavy atom. The molecule has 0 aromatic rings. The molecule has 70 valence electrons. The molecule has 4 nitrogen and oxygen atoms in total. The number of methoxy groups -OCH3 is 1. The van der Waals surface area contributed by atoms with Crippen molar-refractivity contribution in [1.82, 2.24) is 4.90 Å². The van der Waals surface area contributed by atoms with Crippen molar-refractivity contribution in [3.63, 3.8) is 0 Å². The second-order valence-corrected chi connectivity index (χ2v) is 3.00. The van der Waals surface area contributed by atoms with Crippen molar-refractivity contribution in [1.29, 1.82) is 0 Å². The van der Waals surface area contributed by atoms with E-state index in [1.807, 2.05) is 6.92 Å². The summed E-state index contributed by atoms with van der Waals surface area (Å²) in [6.45, 7) is 2.60. The van der Waals surface area contributed by atoms with Gasteiger partial charge >= 0.3 is 6.09 Å². The molecule has 0 aromatic heterocycles. The Balaban J connectivity index is 2.43. The van der Waals surface area contributed by atoms with Crippen molar-refractivity contribution in [3.8, 4) is 0 Å². The summed E-state index contributed by atoms with van der Waals surface area (Å²) >= 11 is 0. The molecule has 1 aliphatic heterocycles. The second-order valence-electron chi connectivity index (χ2n) is 3.00. The quantitative estimate of drug-likeness (QED) is 0.665. The van der Waals surface area contributed by atoms with Gasteiger partial charge in [0.15, 0.2) is 0 Å². The molecular formula is C8H15NO3. The van der Waals surface area contributed by atoms with Crippen LogP contribution >= 0.6 is 0 Å². The molecule has 1 fully saturated rings. The van der Waals surface area contributed by atoms with Gasteiger partial charge in [-0.25, -0.2) is 4.79 Å². The highest BCUT2D eigenvalue weighted by atomic mass is 16.5. The van der Waals surface area contributed by atoms with E-state index in [9.17, 15) is 9.90 Å². The standard InChI is InChI=1S/C8H15NO3/c1-3-7(10)6-4-5-9(6)8(11)12-2/h6-7,10H,3-5H2,1-2H3. The number of likely N-dealkylation sites (tertiary alicyclic amines) is 1. The molecule has 0 aliphatic carbocycles. The Bertz CT molecular complexity index is 172. The molecule has 1 heterocycles. The molecular weight excluding hydrogens is 158 g/mol. The van der Waals surface area contributed by atoms with Crippen molar-refractivity contribution in [2.75, 3.05) is 13.7 Å². The molecule has 1 N–H and O–H groups in total. The van der Waals surface area contributed by atoms with Crippen LogP contribution in [0.15, 0.2) is 0 Å². The van der Waals surface area contributed by atoms with Gasteiger partial charge in [0, 0.05) is 6.54 Å². The van der Waals surface area contributed by atoms with Crippen LogP contribution in [0.3, 0.4) is 0 Å². The topological polar surface area (TPSA) is 49.8 Å². The van der Waals surface area contributed by atoms with Crippen LogP contribution in [0.4, 0.5) is 4.79 Å². The van der Waals surface area contributed by atoms with E-state index in [2.05, 4.69) is 4.74 Å². The first-order valence-electron chi connectivity index (χ1n) is 4.23. The second kappa shape index (κ2) is 3.76. The first-order valence-corrected chi connectivity index (χ1v) is 4.23. The van der Waals surface area contributed by atoms with E-state index in [0.29, 0.717) is 13.0 Å². The summed E-state index contributed by atoms with van der Waals surface area (Å²) in [5.41, 5.74) is 0. The van der Waals surface area contributed by atoms with Crippen LogP contribution in [0.2, 0.25) is 0 Å². The van der Waals surface area contributed by atoms with Crippen molar-refractivity contribution < 1.29 is 14.6 Å². The summed E-state index contributed by atoms with van der Waals surface area (Å²) in [4.78, 5) is 12.6. The highest BCUT2D eigenvalue weighted by Gasteiger charge is 2.36. The summed E-state index contributed by atoms with van der Waals surface area (Å²) < 4.78 is 4.55. The Labute approximate surface area is 72.1 Å². The number of aliphatic hydroxyl groups excluding tert-OH is 1. The zero-order valence-electron chi connectivity index (χ0n) is 7.49. The van der Waals surface area contributed by atoms with Gasteiger partial charge in [0.05, 0.1) is 19.3 Å². The fourth-order valence-electron chi connectivity index (χ4n) is 1.42. The van der Waals surface area contributed by atoms with Crippen molar-refractivity contribution in [2.45, 2.75) is 31.9 Å². The maximum atomic E-state index is 11.0. The van der Waals surface area contributed by atoms with Gasteiger partial charge in [-0.3, -0.25) is 0 Å². The van der Waals surface area contributed by atoms with Gasteiger partial charge < -0.3 is 14.7 Å². The average molecular weight is 173 g/mol. The van der Waals surface area contributed by atoms with E-state index in [-0.39, 0.29) is 12.1 Å². The number of aliphatic hydroxyl groups is 1. The zero-order valence-corrected chi connectivity index (χ0v) is 7.49. The number of rotatable bonds is 2. The molecule has 12 heavy (non-hydrogen) atoms. The average Bonchev–Trinajstić information content (AvgIpc) is 2.02. The number of amides is 1. The molecule has 0 saturated carbocycles. The number of ether oxygens (including phenoxy) is 1. The van der Waals surface area contributed by atoms with E-state index in [1.54, 1.807) is 4.90 Å². The van der Waals surface area contributed by atoms with Crippen LogP contribution in [-0.2, 0) is 4.74 Å². The lowest BCUT2D eigenvalue weighted by molar-refractivity contribution is -0.0106. The number of hydrogen-bond donors (Lipinski definition) is 1. The minimum absolute atomic E-state index is 0.0255. The van der Waals surface area contributed by atoms with Crippen LogP contribution in [0, 0.1) is 0 Å². The highest BCUT2D eigenvalue weighted by Crippen LogP contribution is 2.22. The van der Waals surface area contributed by atoms with Crippen LogP contribution in [0.5, 0.6) is 0 Å². The van der Waals surface area contributed by atoms with Crippen LogP contribution in [-0.4, -0.2) is 41.9 Å². The number of nitrogens with zero attached hydrogens (tertiary/aromatic N) is 1. The van der Waals surface area contributed by atoms with Crippen LogP contribution < -0.4 is 0 Å². The Morgan fingerprint density at radius 3 is 2.83 bits per heavy atom. The largest absolute Gasteiger partial charge is 0.453 e. The third-order valence-corrected chi connectivity index (χ3v) is 2.34. The molecule has 1 aliphatic rings. The monoisotopic (exact) mass is 173 g/mol. The van der Waals surface area contributed by atoms with Gasteiger partial charge in [-0.2, -0.15) is 0 Å². The molecule has 0 bridgehead atoms. The van der Waals surface area contributed by atoms with E-state index in [0.717, 1.165) is 6.42 Å².